The Balaban J connectivity index is 2.43. The van der Waals surface area contributed by atoms with Gasteiger partial charge in [-0.25, -0.2) is 17.2 Å². The van der Waals surface area contributed by atoms with Crippen LogP contribution in [0.3, 0.4) is 0 Å². The number of hydrogen-bond donors (Lipinski definition) is 1. The summed E-state index contributed by atoms with van der Waals surface area (Å²) in [6.07, 6.45) is 0. The Kier molecular flexibility index (Phi) is 3.96. The van der Waals surface area contributed by atoms with Gasteiger partial charge in [0.1, 0.15) is 5.69 Å². The summed E-state index contributed by atoms with van der Waals surface area (Å²) in [5.74, 6) is -2.52. The SMILES string of the molecule is Cc1ccc(S(=O)(=O)Nc2c(Cl)ccc(F)c2F)cc1. The first-order valence-electron chi connectivity index (χ1n) is 5.54. The van der Waals surface area contributed by atoms with Crippen LogP contribution in [-0.4, -0.2) is 8.42 Å². The van der Waals surface area contributed by atoms with Gasteiger partial charge in [-0.2, -0.15) is 0 Å². The van der Waals surface area contributed by atoms with E-state index in [1.807, 2.05) is 4.72 Å². The Bertz CT molecular complexity index is 746. The van der Waals surface area contributed by atoms with Gasteiger partial charge in [0.25, 0.3) is 10.0 Å². The Hall–Kier alpha value is -1.66. The second-order valence-electron chi connectivity index (χ2n) is 4.14. The van der Waals surface area contributed by atoms with Gasteiger partial charge in [-0.05, 0) is 31.2 Å². The van der Waals surface area contributed by atoms with Gasteiger partial charge in [-0.3, -0.25) is 4.72 Å². The molecular weight excluding hydrogens is 308 g/mol. The lowest BCUT2D eigenvalue weighted by Gasteiger charge is -2.11. The average Bonchev–Trinajstić information content (AvgIpc) is 2.40. The second kappa shape index (κ2) is 5.38. The number of halogens is 3. The fraction of sp³-hybridized carbons (Fsp3) is 0.0769. The molecule has 0 unspecified atom stereocenters. The lowest BCUT2D eigenvalue weighted by molar-refractivity contribution is 0.511. The highest BCUT2D eigenvalue weighted by atomic mass is 35.5. The number of rotatable bonds is 3. The first kappa shape index (κ1) is 14.7. The summed E-state index contributed by atoms with van der Waals surface area (Å²) in [4.78, 5) is -0.0668. The Morgan fingerprint density at radius 1 is 1.05 bits per heavy atom. The predicted octanol–water partition coefficient (Wildman–Crippen LogP) is 3.73. The highest BCUT2D eigenvalue weighted by Gasteiger charge is 2.20. The van der Waals surface area contributed by atoms with Gasteiger partial charge in [-0.1, -0.05) is 29.3 Å². The van der Waals surface area contributed by atoms with Gasteiger partial charge in [-0.15, -0.1) is 0 Å². The van der Waals surface area contributed by atoms with Crippen molar-refractivity contribution in [2.24, 2.45) is 0 Å². The molecule has 0 saturated heterocycles. The van der Waals surface area contributed by atoms with E-state index in [4.69, 9.17) is 11.6 Å². The number of sulfonamides is 1. The summed E-state index contributed by atoms with van der Waals surface area (Å²) in [6, 6.07) is 7.82. The maximum Gasteiger partial charge on any atom is 0.262 e. The maximum atomic E-state index is 13.6. The van der Waals surface area contributed by atoms with Crippen molar-refractivity contribution >= 4 is 27.3 Å². The molecule has 2 aromatic rings. The summed E-state index contributed by atoms with van der Waals surface area (Å²) < 4.78 is 52.8. The molecule has 7 heteroatoms. The minimum absolute atomic E-state index is 0.0668. The van der Waals surface area contributed by atoms with Gasteiger partial charge in [0, 0.05) is 0 Å². The van der Waals surface area contributed by atoms with Gasteiger partial charge in [0.15, 0.2) is 11.6 Å². The van der Waals surface area contributed by atoms with Crippen molar-refractivity contribution in [1.82, 2.24) is 0 Å². The molecule has 0 atom stereocenters. The molecule has 2 rings (SSSR count). The molecule has 3 nitrogen and oxygen atoms in total. The normalized spacial score (nSPS) is 11.4. The van der Waals surface area contributed by atoms with Crippen LogP contribution < -0.4 is 4.72 Å². The number of nitrogens with one attached hydrogen (secondary N) is 1. The molecule has 2 aromatic carbocycles. The molecule has 0 aliphatic carbocycles. The van der Waals surface area contributed by atoms with E-state index in [0.29, 0.717) is 0 Å². The molecule has 0 spiro atoms. The molecule has 20 heavy (non-hydrogen) atoms. The molecule has 0 bridgehead atoms. The van der Waals surface area contributed by atoms with E-state index in [1.165, 1.54) is 12.1 Å². The van der Waals surface area contributed by atoms with Crippen LogP contribution in [0.25, 0.3) is 0 Å². The monoisotopic (exact) mass is 317 g/mol. The largest absolute Gasteiger partial charge is 0.275 e. The Morgan fingerprint density at radius 3 is 2.25 bits per heavy atom. The van der Waals surface area contributed by atoms with E-state index in [9.17, 15) is 17.2 Å². The quantitative estimate of drug-likeness (QED) is 0.877. The summed E-state index contributed by atoms with van der Waals surface area (Å²) in [6.45, 7) is 1.80. The molecule has 0 amide bonds. The summed E-state index contributed by atoms with van der Waals surface area (Å²) in [7, 11) is -4.03. The number of aryl methyl sites for hydroxylation is 1. The Morgan fingerprint density at radius 2 is 1.65 bits per heavy atom. The third-order valence-electron chi connectivity index (χ3n) is 2.61. The lowest BCUT2D eigenvalue weighted by Crippen LogP contribution is -2.14. The first-order chi connectivity index (χ1) is 9.31. The maximum absolute atomic E-state index is 13.6. The standard InChI is InChI=1S/C13H10ClF2NO2S/c1-8-2-4-9(5-3-8)20(18,19)17-13-10(14)6-7-11(15)12(13)16/h2-7,17H,1H3. The fourth-order valence-corrected chi connectivity index (χ4v) is 2.86. The molecule has 0 saturated carbocycles. The molecular formula is C13H10ClF2NO2S. The second-order valence-corrected chi connectivity index (χ2v) is 6.23. The van der Waals surface area contributed by atoms with Crippen LogP contribution in [0.1, 0.15) is 5.56 Å². The molecule has 106 valence electrons. The molecule has 0 fully saturated rings. The van der Waals surface area contributed by atoms with Crippen LogP contribution in [0, 0.1) is 18.6 Å². The highest BCUT2D eigenvalue weighted by molar-refractivity contribution is 7.92. The highest BCUT2D eigenvalue weighted by Crippen LogP contribution is 2.29. The molecule has 0 aliphatic heterocycles. The number of anilines is 1. The van der Waals surface area contributed by atoms with Crippen LogP contribution in [0.4, 0.5) is 14.5 Å². The van der Waals surface area contributed by atoms with Crippen molar-refractivity contribution in [1.29, 1.82) is 0 Å². The van der Waals surface area contributed by atoms with Gasteiger partial charge in [0.05, 0.1) is 9.92 Å². The van der Waals surface area contributed by atoms with Crippen molar-refractivity contribution in [2.45, 2.75) is 11.8 Å². The zero-order valence-electron chi connectivity index (χ0n) is 10.3. The summed E-state index contributed by atoms with van der Waals surface area (Å²) >= 11 is 5.69. The molecule has 0 aliphatic rings. The molecule has 0 heterocycles. The van der Waals surface area contributed by atoms with Crippen LogP contribution in [0.2, 0.25) is 5.02 Å². The smallest absolute Gasteiger partial charge is 0.262 e. The third kappa shape index (κ3) is 2.91. The Labute approximate surface area is 120 Å². The first-order valence-corrected chi connectivity index (χ1v) is 7.40. The topological polar surface area (TPSA) is 46.2 Å². The minimum atomic E-state index is -4.03. The van der Waals surface area contributed by atoms with Gasteiger partial charge < -0.3 is 0 Å². The minimum Gasteiger partial charge on any atom is -0.275 e. The zero-order valence-corrected chi connectivity index (χ0v) is 11.9. The van der Waals surface area contributed by atoms with Crippen molar-refractivity contribution in [3.63, 3.8) is 0 Å². The van der Waals surface area contributed by atoms with Crippen LogP contribution in [0.15, 0.2) is 41.3 Å². The number of hydrogen-bond acceptors (Lipinski definition) is 2. The molecule has 0 aromatic heterocycles. The predicted molar refractivity (Wildman–Crippen MR) is 73.4 cm³/mol. The fourth-order valence-electron chi connectivity index (χ4n) is 1.53. The van der Waals surface area contributed by atoms with E-state index in [0.717, 1.165) is 17.7 Å². The van der Waals surface area contributed by atoms with Crippen molar-refractivity contribution < 1.29 is 17.2 Å². The summed E-state index contributed by atoms with van der Waals surface area (Å²) in [5.41, 5.74) is 0.270. The van der Waals surface area contributed by atoms with Gasteiger partial charge >= 0.3 is 0 Å². The van der Waals surface area contributed by atoms with Crippen molar-refractivity contribution in [2.75, 3.05) is 4.72 Å². The zero-order chi connectivity index (χ0) is 14.9. The van der Waals surface area contributed by atoms with Gasteiger partial charge in [0.2, 0.25) is 0 Å². The number of benzene rings is 2. The van der Waals surface area contributed by atoms with Crippen LogP contribution in [0.5, 0.6) is 0 Å². The lowest BCUT2D eigenvalue weighted by atomic mass is 10.2. The van der Waals surface area contributed by atoms with Crippen LogP contribution in [-0.2, 0) is 10.0 Å². The summed E-state index contributed by atoms with van der Waals surface area (Å²) in [5, 5.41) is -0.223. The van der Waals surface area contributed by atoms with E-state index >= 15 is 0 Å². The van der Waals surface area contributed by atoms with E-state index in [-0.39, 0.29) is 9.92 Å². The van der Waals surface area contributed by atoms with Crippen molar-refractivity contribution in [3.8, 4) is 0 Å². The van der Waals surface area contributed by atoms with Crippen molar-refractivity contribution in [3.05, 3.63) is 58.6 Å². The van der Waals surface area contributed by atoms with Crippen LogP contribution >= 0.6 is 11.6 Å². The molecule has 0 radical (unpaired) electrons. The third-order valence-corrected chi connectivity index (χ3v) is 4.29. The van der Waals surface area contributed by atoms with E-state index in [1.54, 1.807) is 19.1 Å². The molecule has 1 N–H and O–H groups in total. The van der Waals surface area contributed by atoms with E-state index < -0.39 is 27.3 Å². The van der Waals surface area contributed by atoms with E-state index in [2.05, 4.69) is 0 Å². The average molecular weight is 318 g/mol.